The monoisotopic (exact) mass is 854 g/mol. The van der Waals surface area contributed by atoms with E-state index in [0.717, 1.165) is 44.9 Å². The fourth-order valence-electron chi connectivity index (χ4n) is 7.98. The lowest BCUT2D eigenvalue weighted by molar-refractivity contribution is -0.302. The van der Waals surface area contributed by atoms with E-state index in [2.05, 4.69) is 31.3 Å². The van der Waals surface area contributed by atoms with Crippen molar-refractivity contribution in [2.45, 2.75) is 275 Å². The van der Waals surface area contributed by atoms with Crippen molar-refractivity contribution in [1.82, 2.24) is 5.32 Å². The molecule has 1 aliphatic rings. The van der Waals surface area contributed by atoms with Crippen LogP contribution in [0.2, 0.25) is 0 Å². The minimum Gasteiger partial charge on any atom is -0.394 e. The van der Waals surface area contributed by atoms with Crippen molar-refractivity contribution in [1.29, 1.82) is 0 Å². The first-order valence-electron chi connectivity index (χ1n) is 25.2. The number of ether oxygens (including phenoxy) is 2. The van der Waals surface area contributed by atoms with Crippen molar-refractivity contribution in [2.75, 3.05) is 13.2 Å². The number of carbonyl (C=O) groups is 1. The zero-order chi connectivity index (χ0) is 43.9. The second-order valence-corrected chi connectivity index (χ2v) is 17.8. The number of aliphatic hydroxyl groups is 6. The Balaban J connectivity index is 2.38. The van der Waals surface area contributed by atoms with Crippen LogP contribution in [0, 0.1) is 0 Å². The van der Waals surface area contributed by atoms with Gasteiger partial charge in [-0.25, -0.2) is 0 Å². The van der Waals surface area contributed by atoms with E-state index in [1.165, 1.54) is 154 Å². The predicted octanol–water partition coefficient (Wildman–Crippen LogP) is 10.0. The van der Waals surface area contributed by atoms with Gasteiger partial charge in [-0.1, -0.05) is 205 Å². The van der Waals surface area contributed by atoms with Crippen LogP contribution >= 0.6 is 0 Å². The molecule has 0 aromatic rings. The summed E-state index contributed by atoms with van der Waals surface area (Å²) in [5, 5.41) is 64.8. The fourth-order valence-corrected chi connectivity index (χ4v) is 7.98. The normalized spacial score (nSPS) is 21.2. The van der Waals surface area contributed by atoms with Crippen molar-refractivity contribution < 1.29 is 44.9 Å². The van der Waals surface area contributed by atoms with Gasteiger partial charge < -0.3 is 45.4 Å². The van der Waals surface area contributed by atoms with Crippen LogP contribution < -0.4 is 5.32 Å². The van der Waals surface area contributed by atoms with Crippen molar-refractivity contribution >= 4 is 5.91 Å². The van der Waals surface area contributed by atoms with Gasteiger partial charge in [-0.15, -0.1) is 0 Å². The van der Waals surface area contributed by atoms with E-state index < -0.39 is 61.5 Å². The molecule has 10 nitrogen and oxygen atoms in total. The summed E-state index contributed by atoms with van der Waals surface area (Å²) >= 11 is 0. The summed E-state index contributed by atoms with van der Waals surface area (Å²) in [7, 11) is 0. The van der Waals surface area contributed by atoms with Gasteiger partial charge in [-0.2, -0.15) is 0 Å². The summed E-state index contributed by atoms with van der Waals surface area (Å²) in [6, 6.07) is -0.980. The molecule has 8 unspecified atom stereocenters. The van der Waals surface area contributed by atoms with Gasteiger partial charge in [0.2, 0.25) is 5.91 Å². The molecule has 0 spiro atoms. The van der Waals surface area contributed by atoms with E-state index in [0.29, 0.717) is 12.8 Å². The lowest BCUT2D eigenvalue weighted by Gasteiger charge is -2.40. The number of hydrogen-bond donors (Lipinski definition) is 7. The number of unbranched alkanes of at least 4 members (excludes halogenated alkanes) is 29. The third kappa shape index (κ3) is 29.8. The molecule has 1 saturated heterocycles. The number of aliphatic hydroxyl groups excluding tert-OH is 6. The van der Waals surface area contributed by atoms with E-state index in [1.54, 1.807) is 6.08 Å². The summed E-state index contributed by atoms with van der Waals surface area (Å²) in [6.45, 7) is 3.62. The standard InChI is InChI=1S/C50H95NO9/c1-3-5-7-9-11-13-15-17-19-21-23-25-27-29-31-33-35-37-39-44(54)49(58)51-42(41-59-50-48(57)47(56)46(55)45(40-52)60-50)43(53)38-36-34-32-30-28-26-24-22-20-18-16-14-12-10-8-6-4-2/h21,23,36,38,42-48,50,52-57H,3-20,22,24-35,37,39-41H2,1-2H3,(H,51,58)/b23-21-,38-36+. The molecule has 60 heavy (non-hydrogen) atoms. The molecule has 0 aromatic heterocycles. The lowest BCUT2D eigenvalue weighted by atomic mass is 9.99. The highest BCUT2D eigenvalue weighted by Gasteiger charge is 2.44. The molecule has 0 radical (unpaired) electrons. The number of rotatable bonds is 42. The largest absolute Gasteiger partial charge is 0.394 e. The van der Waals surface area contributed by atoms with Crippen LogP contribution in [0.25, 0.3) is 0 Å². The SMILES string of the molecule is CCCCCCCCCC/C=C\CCCCCCCCC(O)C(=O)NC(COC1OC(CO)C(O)C(O)C1O)C(O)/C=C/CCCCCCCCCCCCCCCCC. The van der Waals surface area contributed by atoms with Gasteiger partial charge in [0.1, 0.15) is 30.5 Å². The Kier molecular flexibility index (Phi) is 38.1. The molecular formula is C50H95NO9. The minimum atomic E-state index is -1.61. The first-order valence-corrected chi connectivity index (χ1v) is 25.2. The van der Waals surface area contributed by atoms with Crippen LogP contribution in [0.4, 0.5) is 0 Å². The topological polar surface area (TPSA) is 169 Å². The van der Waals surface area contributed by atoms with Crippen LogP contribution in [0.15, 0.2) is 24.3 Å². The Labute approximate surface area is 367 Å². The highest BCUT2D eigenvalue weighted by molar-refractivity contribution is 5.80. The van der Waals surface area contributed by atoms with Gasteiger partial charge >= 0.3 is 0 Å². The Hall–Kier alpha value is -1.37. The molecule has 10 heteroatoms. The Morgan fingerprint density at radius 1 is 0.567 bits per heavy atom. The third-order valence-electron chi connectivity index (χ3n) is 12.1. The van der Waals surface area contributed by atoms with E-state index in [-0.39, 0.29) is 6.61 Å². The molecule has 0 saturated carbocycles. The number of allylic oxidation sites excluding steroid dienone is 3. The number of nitrogens with one attached hydrogen (secondary N) is 1. The average molecular weight is 854 g/mol. The maximum atomic E-state index is 13.1. The van der Waals surface area contributed by atoms with Gasteiger partial charge in [-0.3, -0.25) is 4.79 Å². The Bertz CT molecular complexity index is 1010. The molecule has 1 fully saturated rings. The summed E-state index contributed by atoms with van der Waals surface area (Å²) in [5.41, 5.74) is 0. The molecule has 7 N–H and O–H groups in total. The summed E-state index contributed by atoms with van der Waals surface area (Å²) in [4.78, 5) is 13.1. The van der Waals surface area contributed by atoms with Crippen LogP contribution in [0.5, 0.6) is 0 Å². The van der Waals surface area contributed by atoms with Crippen molar-refractivity contribution in [3.63, 3.8) is 0 Å². The zero-order valence-corrected chi connectivity index (χ0v) is 38.6. The van der Waals surface area contributed by atoms with E-state index in [1.807, 2.05) is 6.08 Å². The summed E-state index contributed by atoms with van der Waals surface area (Å²) in [6.07, 6.45) is 38.3. The van der Waals surface area contributed by atoms with Crippen LogP contribution in [-0.2, 0) is 14.3 Å². The first-order chi connectivity index (χ1) is 29.3. The number of carbonyl (C=O) groups excluding carboxylic acids is 1. The van der Waals surface area contributed by atoms with E-state index in [4.69, 9.17) is 9.47 Å². The van der Waals surface area contributed by atoms with Crippen molar-refractivity contribution in [2.24, 2.45) is 0 Å². The van der Waals surface area contributed by atoms with Crippen molar-refractivity contribution in [3.8, 4) is 0 Å². The highest BCUT2D eigenvalue weighted by atomic mass is 16.7. The smallest absolute Gasteiger partial charge is 0.249 e. The quantitative estimate of drug-likeness (QED) is 0.0233. The van der Waals surface area contributed by atoms with Gasteiger partial charge in [-0.05, 0) is 44.9 Å². The Morgan fingerprint density at radius 3 is 1.40 bits per heavy atom. The van der Waals surface area contributed by atoms with Gasteiger partial charge in [0.15, 0.2) is 6.29 Å². The Morgan fingerprint density at radius 2 is 0.967 bits per heavy atom. The molecule has 1 heterocycles. The lowest BCUT2D eigenvalue weighted by Crippen LogP contribution is -2.60. The average Bonchev–Trinajstić information content (AvgIpc) is 3.25. The van der Waals surface area contributed by atoms with Crippen LogP contribution in [-0.4, -0.2) is 98.7 Å². The van der Waals surface area contributed by atoms with E-state index in [9.17, 15) is 35.4 Å². The first kappa shape index (κ1) is 56.6. The minimum absolute atomic E-state index is 0.304. The van der Waals surface area contributed by atoms with Gasteiger partial charge in [0.25, 0.3) is 0 Å². The molecular weight excluding hydrogens is 759 g/mol. The predicted molar refractivity (Wildman–Crippen MR) is 246 cm³/mol. The maximum Gasteiger partial charge on any atom is 0.249 e. The van der Waals surface area contributed by atoms with Gasteiger partial charge in [0, 0.05) is 0 Å². The molecule has 0 aromatic carbocycles. The summed E-state index contributed by atoms with van der Waals surface area (Å²) < 4.78 is 11.2. The molecule has 0 aliphatic carbocycles. The highest BCUT2D eigenvalue weighted by Crippen LogP contribution is 2.23. The molecule has 1 aliphatic heterocycles. The second kappa shape index (κ2) is 40.4. The number of amides is 1. The number of hydrogen-bond acceptors (Lipinski definition) is 9. The summed E-state index contributed by atoms with van der Waals surface area (Å²) in [5.74, 6) is -0.619. The molecule has 1 amide bonds. The molecule has 1 rings (SSSR count). The zero-order valence-electron chi connectivity index (χ0n) is 38.6. The van der Waals surface area contributed by atoms with Crippen LogP contribution in [0.1, 0.15) is 226 Å². The third-order valence-corrected chi connectivity index (χ3v) is 12.1. The van der Waals surface area contributed by atoms with Gasteiger partial charge in [0.05, 0.1) is 25.4 Å². The molecule has 354 valence electrons. The van der Waals surface area contributed by atoms with E-state index >= 15 is 0 Å². The van der Waals surface area contributed by atoms with Crippen LogP contribution in [0.3, 0.4) is 0 Å². The fraction of sp³-hybridized carbons (Fsp3) is 0.900. The maximum absolute atomic E-state index is 13.1. The molecule has 0 bridgehead atoms. The van der Waals surface area contributed by atoms with Crippen molar-refractivity contribution in [3.05, 3.63) is 24.3 Å². The molecule has 8 atom stereocenters. The second-order valence-electron chi connectivity index (χ2n) is 17.8.